The number of hydrogen-bond donors (Lipinski definition) is 2. The number of hydrogen-bond acceptors (Lipinski definition) is 4. The van der Waals surface area contributed by atoms with Crippen molar-refractivity contribution < 1.29 is 19.1 Å². The Hall–Kier alpha value is -1.79. The lowest BCUT2D eigenvalue weighted by molar-refractivity contribution is -0.130. The van der Waals surface area contributed by atoms with Crippen LogP contribution in [-0.4, -0.2) is 43.2 Å². The van der Waals surface area contributed by atoms with E-state index in [1.54, 1.807) is 24.3 Å². The molecule has 0 bridgehead atoms. The average molecular weight is 395 g/mol. The van der Waals surface area contributed by atoms with Crippen molar-refractivity contribution >= 4 is 23.4 Å². The van der Waals surface area contributed by atoms with Crippen molar-refractivity contribution in [2.24, 2.45) is 0 Å². The zero-order chi connectivity index (χ0) is 19.1. The topological polar surface area (TPSA) is 76.7 Å². The zero-order valence-corrected chi connectivity index (χ0v) is 16.2. The van der Waals surface area contributed by atoms with E-state index in [-0.39, 0.29) is 43.2 Å². The second kappa shape index (κ2) is 9.95. The van der Waals surface area contributed by atoms with Gasteiger partial charge in [-0.2, -0.15) is 0 Å². The minimum Gasteiger partial charge on any atom is -0.484 e. The molecule has 0 heterocycles. The Kier molecular flexibility index (Phi) is 7.35. The molecule has 0 radical (unpaired) electrons. The van der Waals surface area contributed by atoms with Crippen molar-refractivity contribution in [1.29, 1.82) is 0 Å². The van der Waals surface area contributed by atoms with Gasteiger partial charge >= 0.3 is 0 Å². The molecule has 27 heavy (non-hydrogen) atoms. The van der Waals surface area contributed by atoms with E-state index in [4.69, 9.17) is 21.1 Å². The van der Waals surface area contributed by atoms with E-state index in [1.165, 1.54) is 19.3 Å². The Bertz CT molecular complexity index is 625. The molecule has 3 rings (SSSR count). The van der Waals surface area contributed by atoms with Gasteiger partial charge in [-0.05, 0) is 49.9 Å². The Balaban J connectivity index is 1.25. The molecule has 1 aromatic carbocycles. The number of nitrogens with one attached hydrogen (secondary N) is 2. The van der Waals surface area contributed by atoms with Crippen LogP contribution in [0.5, 0.6) is 5.75 Å². The minimum absolute atomic E-state index is 0.0373. The van der Waals surface area contributed by atoms with E-state index in [2.05, 4.69) is 10.6 Å². The molecule has 2 aliphatic rings. The van der Waals surface area contributed by atoms with Gasteiger partial charge in [0.15, 0.2) is 6.61 Å². The van der Waals surface area contributed by atoms with Crippen molar-refractivity contribution in [3.05, 3.63) is 29.3 Å². The summed E-state index contributed by atoms with van der Waals surface area (Å²) in [5.41, 5.74) is 0. The molecule has 0 saturated heterocycles. The molecule has 0 atom stereocenters. The van der Waals surface area contributed by atoms with Crippen LogP contribution in [0.15, 0.2) is 24.3 Å². The minimum atomic E-state index is -0.166. The van der Waals surface area contributed by atoms with E-state index in [9.17, 15) is 9.59 Å². The van der Waals surface area contributed by atoms with E-state index in [0.717, 1.165) is 25.7 Å². The first kappa shape index (κ1) is 20.0. The number of ether oxygens (including phenoxy) is 2. The largest absolute Gasteiger partial charge is 0.484 e. The number of amides is 2. The van der Waals surface area contributed by atoms with Crippen molar-refractivity contribution in [1.82, 2.24) is 10.6 Å². The molecule has 1 aromatic rings. The van der Waals surface area contributed by atoms with Crippen molar-refractivity contribution in [3.8, 4) is 5.75 Å². The molecule has 0 spiro atoms. The molecule has 148 valence electrons. The van der Waals surface area contributed by atoms with Crippen LogP contribution in [0.4, 0.5) is 0 Å². The predicted octanol–water partition coefficient (Wildman–Crippen LogP) is 2.83. The molecular weight excluding hydrogens is 368 g/mol. The van der Waals surface area contributed by atoms with E-state index >= 15 is 0 Å². The van der Waals surface area contributed by atoms with Gasteiger partial charge in [0.2, 0.25) is 5.91 Å². The second-order valence-corrected chi connectivity index (χ2v) is 7.75. The van der Waals surface area contributed by atoms with Gasteiger partial charge in [-0.15, -0.1) is 0 Å². The molecule has 7 heteroatoms. The Morgan fingerprint density at radius 3 is 2.15 bits per heavy atom. The van der Waals surface area contributed by atoms with Crippen molar-refractivity contribution in [2.75, 3.05) is 13.2 Å². The summed E-state index contributed by atoms with van der Waals surface area (Å²) in [7, 11) is 0. The average Bonchev–Trinajstić information content (AvgIpc) is 2.65. The summed E-state index contributed by atoms with van der Waals surface area (Å²) >= 11 is 5.81. The fourth-order valence-electron chi connectivity index (χ4n) is 3.50. The van der Waals surface area contributed by atoms with Crippen molar-refractivity contribution in [3.63, 3.8) is 0 Å². The summed E-state index contributed by atoms with van der Waals surface area (Å²) in [4.78, 5) is 23.9. The quantitative estimate of drug-likeness (QED) is 0.710. The van der Waals surface area contributed by atoms with Gasteiger partial charge in [-0.1, -0.05) is 30.9 Å². The number of carbonyl (C=O) groups excluding carboxylic acids is 2. The molecule has 0 aromatic heterocycles. The third-order valence-electron chi connectivity index (χ3n) is 5.05. The van der Waals surface area contributed by atoms with Crippen molar-refractivity contribution in [2.45, 2.75) is 63.1 Å². The summed E-state index contributed by atoms with van der Waals surface area (Å²) in [5.74, 6) is 0.369. The first-order valence-electron chi connectivity index (χ1n) is 9.67. The highest BCUT2D eigenvalue weighted by Crippen LogP contribution is 2.22. The summed E-state index contributed by atoms with van der Waals surface area (Å²) in [6.07, 6.45) is 7.48. The first-order chi connectivity index (χ1) is 13.1. The highest BCUT2D eigenvalue weighted by molar-refractivity contribution is 6.30. The number of benzene rings is 1. The van der Waals surface area contributed by atoms with Gasteiger partial charge in [-0.3, -0.25) is 9.59 Å². The van der Waals surface area contributed by atoms with Crippen LogP contribution in [0.3, 0.4) is 0 Å². The van der Waals surface area contributed by atoms with Crippen LogP contribution in [0.25, 0.3) is 0 Å². The third-order valence-corrected chi connectivity index (χ3v) is 5.31. The Labute approximate surface area is 164 Å². The fraction of sp³-hybridized carbons (Fsp3) is 0.600. The second-order valence-electron chi connectivity index (χ2n) is 7.31. The lowest BCUT2D eigenvalue weighted by Crippen LogP contribution is -2.55. The molecule has 2 saturated carbocycles. The SMILES string of the molecule is O=C(COc1ccc(Cl)cc1)NC1CC(NC(=O)COC2CCCCC2)C1. The van der Waals surface area contributed by atoms with E-state index < -0.39 is 0 Å². The van der Waals surface area contributed by atoms with Crippen LogP contribution in [0.2, 0.25) is 5.02 Å². The van der Waals surface area contributed by atoms with Gasteiger partial charge < -0.3 is 20.1 Å². The predicted molar refractivity (Wildman–Crippen MR) is 103 cm³/mol. The maximum absolute atomic E-state index is 11.9. The molecule has 2 fully saturated rings. The number of rotatable bonds is 8. The maximum Gasteiger partial charge on any atom is 0.258 e. The first-order valence-corrected chi connectivity index (χ1v) is 10.0. The molecular formula is C20H27ClN2O4. The fourth-order valence-corrected chi connectivity index (χ4v) is 3.62. The standard InChI is InChI=1S/C20H27ClN2O4/c21-14-6-8-18(9-7-14)27-13-20(25)23-16-10-15(11-16)22-19(24)12-26-17-4-2-1-3-5-17/h6-9,15-17H,1-5,10-13H2,(H,22,24)(H,23,25). The maximum atomic E-state index is 11.9. The molecule has 0 aliphatic heterocycles. The molecule has 6 nitrogen and oxygen atoms in total. The summed E-state index contributed by atoms with van der Waals surface area (Å²) in [6.45, 7) is 0.0948. The van der Waals surface area contributed by atoms with Gasteiger partial charge in [0.05, 0.1) is 6.10 Å². The third kappa shape index (κ3) is 6.70. The van der Waals surface area contributed by atoms with Crippen LogP contribution in [0, 0.1) is 0 Å². The Morgan fingerprint density at radius 2 is 1.52 bits per heavy atom. The molecule has 2 aliphatic carbocycles. The van der Waals surface area contributed by atoms with Crippen LogP contribution in [0.1, 0.15) is 44.9 Å². The molecule has 2 N–H and O–H groups in total. The monoisotopic (exact) mass is 394 g/mol. The normalized spacial score (nSPS) is 22.6. The highest BCUT2D eigenvalue weighted by atomic mass is 35.5. The summed E-state index contributed by atoms with van der Waals surface area (Å²) < 4.78 is 11.1. The smallest absolute Gasteiger partial charge is 0.258 e. The zero-order valence-electron chi connectivity index (χ0n) is 15.4. The van der Waals surface area contributed by atoms with Gasteiger partial charge in [0.25, 0.3) is 5.91 Å². The summed E-state index contributed by atoms with van der Waals surface area (Å²) in [5, 5.41) is 6.50. The van der Waals surface area contributed by atoms with Crippen LogP contribution >= 0.6 is 11.6 Å². The lowest BCUT2D eigenvalue weighted by Gasteiger charge is -2.36. The van der Waals surface area contributed by atoms with E-state index in [1.807, 2.05) is 0 Å². The highest BCUT2D eigenvalue weighted by Gasteiger charge is 2.31. The number of halogens is 1. The van der Waals surface area contributed by atoms with Gasteiger partial charge in [0, 0.05) is 17.1 Å². The Morgan fingerprint density at radius 1 is 0.926 bits per heavy atom. The lowest BCUT2D eigenvalue weighted by atomic mass is 9.86. The van der Waals surface area contributed by atoms with Gasteiger partial charge in [-0.25, -0.2) is 0 Å². The molecule has 0 unspecified atom stereocenters. The summed E-state index contributed by atoms with van der Waals surface area (Å²) in [6, 6.07) is 7.06. The molecule has 2 amide bonds. The number of carbonyl (C=O) groups is 2. The van der Waals surface area contributed by atoms with E-state index in [0.29, 0.717) is 10.8 Å². The van der Waals surface area contributed by atoms with Crippen LogP contribution < -0.4 is 15.4 Å². The van der Waals surface area contributed by atoms with Crippen LogP contribution in [-0.2, 0) is 14.3 Å². The van der Waals surface area contributed by atoms with Gasteiger partial charge in [0.1, 0.15) is 12.4 Å².